The van der Waals surface area contributed by atoms with E-state index in [4.69, 9.17) is 5.11 Å². The van der Waals surface area contributed by atoms with E-state index in [2.05, 4.69) is 0 Å². The highest BCUT2D eigenvalue weighted by Crippen LogP contribution is 2.30. The highest BCUT2D eigenvalue weighted by molar-refractivity contribution is 5.97. The number of anilines is 2. The molecule has 0 bridgehead atoms. The topological polar surface area (TPSA) is 60.9 Å². The summed E-state index contributed by atoms with van der Waals surface area (Å²) in [5.41, 5.74) is 2.77. The van der Waals surface area contributed by atoms with Gasteiger partial charge in [0.25, 0.3) is 0 Å². The van der Waals surface area contributed by atoms with Crippen molar-refractivity contribution in [1.29, 1.82) is 0 Å². The third-order valence-electron chi connectivity index (χ3n) is 3.49. The quantitative estimate of drug-likeness (QED) is 0.882. The molecule has 0 saturated carbocycles. The summed E-state index contributed by atoms with van der Waals surface area (Å²) in [6.45, 7) is -0.147. The molecule has 0 aliphatic carbocycles. The molecule has 1 aliphatic heterocycles. The minimum absolute atomic E-state index is 0.116. The number of carbonyl (C=O) groups excluding carboxylic acids is 2. The van der Waals surface area contributed by atoms with E-state index in [0.29, 0.717) is 12.8 Å². The predicted molar refractivity (Wildman–Crippen MR) is 73.3 cm³/mol. The summed E-state index contributed by atoms with van der Waals surface area (Å²) in [6.07, 6.45) is 1.32. The van der Waals surface area contributed by atoms with Crippen molar-refractivity contribution in [1.82, 2.24) is 0 Å². The van der Waals surface area contributed by atoms with Gasteiger partial charge in [-0.2, -0.15) is 0 Å². The van der Waals surface area contributed by atoms with Crippen molar-refractivity contribution in [3.8, 4) is 0 Å². The smallest absolute Gasteiger partial charge is 0.229 e. The number of hydrogen-bond acceptors (Lipinski definition) is 3. The van der Waals surface area contributed by atoms with E-state index in [1.807, 2.05) is 18.2 Å². The average molecular weight is 262 g/mol. The van der Waals surface area contributed by atoms with E-state index in [-0.39, 0.29) is 24.8 Å². The van der Waals surface area contributed by atoms with Crippen molar-refractivity contribution in [2.24, 2.45) is 0 Å². The van der Waals surface area contributed by atoms with Gasteiger partial charge >= 0.3 is 0 Å². The van der Waals surface area contributed by atoms with E-state index in [0.717, 1.165) is 16.9 Å². The Hall–Kier alpha value is -1.88. The minimum Gasteiger partial charge on any atom is -0.396 e. The number of carbonyl (C=O) groups is 2. The molecule has 102 valence electrons. The highest BCUT2D eigenvalue weighted by Gasteiger charge is 2.21. The van der Waals surface area contributed by atoms with Crippen LogP contribution in [0.3, 0.4) is 0 Å². The summed E-state index contributed by atoms with van der Waals surface area (Å²) in [5, 5.41) is 8.80. The molecule has 0 saturated heterocycles. The lowest BCUT2D eigenvalue weighted by Crippen LogP contribution is -2.32. The van der Waals surface area contributed by atoms with E-state index in [1.54, 1.807) is 19.0 Å². The number of rotatable bonds is 3. The third-order valence-corrected chi connectivity index (χ3v) is 3.49. The molecule has 19 heavy (non-hydrogen) atoms. The van der Waals surface area contributed by atoms with Crippen LogP contribution >= 0.6 is 0 Å². The number of amides is 2. The van der Waals surface area contributed by atoms with Crippen LogP contribution in [-0.2, 0) is 16.0 Å². The van der Waals surface area contributed by atoms with Gasteiger partial charge in [0.15, 0.2) is 0 Å². The number of benzene rings is 1. The lowest BCUT2D eigenvalue weighted by molar-refractivity contribution is -0.119. The number of hydrogen-bond donors (Lipinski definition) is 1. The second kappa shape index (κ2) is 5.40. The van der Waals surface area contributed by atoms with Gasteiger partial charge in [-0.1, -0.05) is 0 Å². The number of fused-ring (bicyclic) bond motifs is 1. The highest BCUT2D eigenvalue weighted by atomic mass is 16.3. The minimum atomic E-state index is -0.147. The Morgan fingerprint density at radius 2 is 2.16 bits per heavy atom. The summed E-state index contributed by atoms with van der Waals surface area (Å²) >= 11 is 0. The van der Waals surface area contributed by atoms with Crippen LogP contribution < -0.4 is 9.80 Å². The maximum absolute atomic E-state index is 11.7. The molecule has 1 aliphatic rings. The van der Waals surface area contributed by atoms with Gasteiger partial charge in [0.05, 0.1) is 13.0 Å². The molecule has 0 fully saturated rings. The van der Waals surface area contributed by atoms with Crippen molar-refractivity contribution in [3.63, 3.8) is 0 Å². The standard InChI is InChI=1S/C14H18N2O3/c1-15(14(19)7-8-17)11-4-5-12-10(9-11)3-6-13(18)16(12)2/h4-5,9,17H,3,6-8H2,1-2H3. The first-order chi connectivity index (χ1) is 9.04. The van der Waals surface area contributed by atoms with Crippen LogP contribution in [0.1, 0.15) is 18.4 Å². The van der Waals surface area contributed by atoms with Gasteiger partial charge in [-0.05, 0) is 30.2 Å². The molecule has 2 rings (SSSR count). The Morgan fingerprint density at radius 1 is 1.42 bits per heavy atom. The van der Waals surface area contributed by atoms with Gasteiger partial charge in [-0.3, -0.25) is 9.59 Å². The Balaban J connectivity index is 2.27. The number of aryl methyl sites for hydroxylation is 1. The fourth-order valence-corrected chi connectivity index (χ4v) is 2.26. The molecular weight excluding hydrogens is 244 g/mol. The van der Waals surface area contributed by atoms with Crippen molar-refractivity contribution in [3.05, 3.63) is 23.8 Å². The summed E-state index contributed by atoms with van der Waals surface area (Å²) in [4.78, 5) is 26.5. The fourth-order valence-electron chi connectivity index (χ4n) is 2.26. The zero-order valence-corrected chi connectivity index (χ0v) is 11.2. The van der Waals surface area contributed by atoms with Gasteiger partial charge < -0.3 is 14.9 Å². The van der Waals surface area contributed by atoms with E-state index in [9.17, 15) is 9.59 Å². The SMILES string of the molecule is CN(C(=O)CCO)c1ccc2c(c1)CCC(=O)N2C. The summed E-state index contributed by atoms with van der Waals surface area (Å²) in [5.74, 6) is -0.00680. The first-order valence-electron chi connectivity index (χ1n) is 6.31. The second-order valence-electron chi connectivity index (χ2n) is 4.69. The molecule has 0 radical (unpaired) electrons. The number of aliphatic hydroxyl groups is 1. The van der Waals surface area contributed by atoms with E-state index in [1.165, 1.54) is 4.90 Å². The Kier molecular flexibility index (Phi) is 3.85. The lowest BCUT2D eigenvalue weighted by atomic mass is 10.0. The maximum Gasteiger partial charge on any atom is 0.229 e. The fraction of sp³-hybridized carbons (Fsp3) is 0.429. The molecule has 1 aromatic rings. The summed E-state index contributed by atoms with van der Waals surface area (Å²) in [7, 11) is 3.46. The second-order valence-corrected chi connectivity index (χ2v) is 4.69. The predicted octanol–water partition coefficient (Wildman–Crippen LogP) is 0.941. The van der Waals surface area contributed by atoms with Crippen LogP contribution in [0.2, 0.25) is 0 Å². The lowest BCUT2D eigenvalue weighted by Gasteiger charge is -2.27. The molecule has 2 amide bonds. The first kappa shape index (κ1) is 13.5. The normalized spacial score (nSPS) is 14.3. The Bertz CT molecular complexity index is 513. The summed E-state index contributed by atoms with van der Waals surface area (Å²) < 4.78 is 0. The maximum atomic E-state index is 11.7. The Morgan fingerprint density at radius 3 is 2.84 bits per heavy atom. The molecule has 1 heterocycles. The number of aliphatic hydroxyl groups excluding tert-OH is 1. The van der Waals surface area contributed by atoms with Crippen LogP contribution in [0.5, 0.6) is 0 Å². The van der Waals surface area contributed by atoms with Gasteiger partial charge in [-0.15, -0.1) is 0 Å². The van der Waals surface area contributed by atoms with E-state index < -0.39 is 0 Å². The summed E-state index contributed by atoms with van der Waals surface area (Å²) in [6, 6.07) is 5.63. The zero-order valence-electron chi connectivity index (χ0n) is 11.2. The number of nitrogens with zero attached hydrogens (tertiary/aromatic N) is 2. The molecule has 0 unspecified atom stereocenters. The average Bonchev–Trinajstić information content (AvgIpc) is 2.42. The van der Waals surface area contributed by atoms with Crippen molar-refractivity contribution in [2.45, 2.75) is 19.3 Å². The zero-order chi connectivity index (χ0) is 14.0. The largest absolute Gasteiger partial charge is 0.396 e. The van der Waals surface area contributed by atoms with Crippen LogP contribution in [0.15, 0.2) is 18.2 Å². The van der Waals surface area contributed by atoms with Crippen LogP contribution in [-0.4, -0.2) is 37.6 Å². The molecule has 0 spiro atoms. The molecule has 0 aromatic heterocycles. The molecule has 0 atom stereocenters. The first-order valence-corrected chi connectivity index (χ1v) is 6.31. The third kappa shape index (κ3) is 2.61. The van der Waals surface area contributed by atoms with Crippen molar-refractivity contribution >= 4 is 23.2 Å². The van der Waals surface area contributed by atoms with Gasteiger partial charge in [0, 0.05) is 31.9 Å². The van der Waals surface area contributed by atoms with E-state index >= 15 is 0 Å². The molecule has 5 heteroatoms. The molecule has 1 aromatic carbocycles. The van der Waals surface area contributed by atoms with Gasteiger partial charge in [0.2, 0.25) is 11.8 Å². The van der Waals surface area contributed by atoms with Gasteiger partial charge in [0.1, 0.15) is 0 Å². The van der Waals surface area contributed by atoms with Crippen molar-refractivity contribution < 1.29 is 14.7 Å². The molecule has 1 N–H and O–H groups in total. The Labute approximate surface area is 112 Å². The molecule has 5 nitrogen and oxygen atoms in total. The van der Waals surface area contributed by atoms with Crippen LogP contribution in [0, 0.1) is 0 Å². The molecular formula is C14H18N2O3. The van der Waals surface area contributed by atoms with Crippen molar-refractivity contribution in [2.75, 3.05) is 30.5 Å². The van der Waals surface area contributed by atoms with Gasteiger partial charge in [-0.25, -0.2) is 0 Å². The van der Waals surface area contributed by atoms with Crippen LogP contribution in [0.4, 0.5) is 11.4 Å². The van der Waals surface area contributed by atoms with Crippen LogP contribution in [0.25, 0.3) is 0 Å². The monoisotopic (exact) mass is 262 g/mol.